The summed E-state index contributed by atoms with van der Waals surface area (Å²) in [5, 5.41) is 0. The third-order valence-electron chi connectivity index (χ3n) is 5.55. The van der Waals surface area contributed by atoms with Crippen molar-refractivity contribution in [3.8, 4) is 11.5 Å². The first-order valence-electron chi connectivity index (χ1n) is 10.1. The first-order valence-corrected chi connectivity index (χ1v) is 10.1. The van der Waals surface area contributed by atoms with Crippen molar-refractivity contribution in [1.82, 2.24) is 9.80 Å². The van der Waals surface area contributed by atoms with Gasteiger partial charge in [0.2, 0.25) is 6.79 Å². The van der Waals surface area contributed by atoms with Crippen molar-refractivity contribution in [2.45, 2.75) is 19.8 Å². The second-order valence-electron chi connectivity index (χ2n) is 7.84. The summed E-state index contributed by atoms with van der Waals surface area (Å²) in [6, 6.07) is 13.2. The molecule has 0 aliphatic carbocycles. The van der Waals surface area contributed by atoms with Crippen LogP contribution in [0.25, 0.3) is 0 Å². The smallest absolute Gasteiger partial charge is 0.254 e. The maximum Gasteiger partial charge on any atom is 0.254 e. The molecule has 1 saturated heterocycles. The number of carbonyl (C=O) groups excluding carboxylic acids is 2. The van der Waals surface area contributed by atoms with Gasteiger partial charge >= 0.3 is 0 Å². The lowest BCUT2D eigenvalue weighted by molar-refractivity contribution is 0.0624. The van der Waals surface area contributed by atoms with E-state index in [-0.39, 0.29) is 18.5 Å². The summed E-state index contributed by atoms with van der Waals surface area (Å²) < 4.78 is 10.7. The molecular formula is C23H26N2O4. The highest BCUT2D eigenvalue weighted by Gasteiger charge is 2.25. The lowest BCUT2D eigenvalue weighted by Crippen LogP contribution is -2.49. The van der Waals surface area contributed by atoms with Gasteiger partial charge in [0.1, 0.15) is 0 Å². The van der Waals surface area contributed by atoms with E-state index in [1.165, 1.54) is 5.56 Å². The molecule has 2 aliphatic rings. The van der Waals surface area contributed by atoms with Crippen molar-refractivity contribution in [3.63, 3.8) is 0 Å². The molecule has 0 radical (unpaired) electrons. The predicted octanol–water partition coefficient (Wildman–Crippen LogP) is 3.18. The van der Waals surface area contributed by atoms with Crippen LogP contribution in [-0.4, -0.2) is 61.0 Å². The third kappa shape index (κ3) is 4.27. The largest absolute Gasteiger partial charge is 0.454 e. The molecule has 0 atom stereocenters. The van der Waals surface area contributed by atoms with Crippen molar-refractivity contribution in [1.29, 1.82) is 0 Å². The Labute approximate surface area is 171 Å². The molecule has 6 heteroatoms. The van der Waals surface area contributed by atoms with Crippen LogP contribution in [0.4, 0.5) is 0 Å². The van der Waals surface area contributed by atoms with Gasteiger partial charge in [-0.25, -0.2) is 0 Å². The maximum atomic E-state index is 12.8. The standard InChI is InChI=1S/C23H26N2O4/c1-16(2)17-3-5-18(6-4-17)20(26)14-24-9-11-25(12-10-24)23(27)19-7-8-21-22(13-19)29-15-28-21/h3-8,13,16H,9-12,14-15H2,1-2H3. The summed E-state index contributed by atoms with van der Waals surface area (Å²) in [7, 11) is 0. The van der Waals surface area contributed by atoms with E-state index in [1.54, 1.807) is 18.2 Å². The summed E-state index contributed by atoms with van der Waals surface area (Å²) in [6.45, 7) is 7.44. The molecule has 152 valence electrons. The number of carbonyl (C=O) groups is 2. The van der Waals surface area contributed by atoms with Gasteiger partial charge in [0.25, 0.3) is 5.91 Å². The average Bonchev–Trinajstić information content (AvgIpc) is 3.21. The van der Waals surface area contributed by atoms with E-state index in [4.69, 9.17) is 9.47 Å². The van der Waals surface area contributed by atoms with E-state index in [0.717, 1.165) is 5.56 Å². The second-order valence-corrected chi connectivity index (χ2v) is 7.84. The molecule has 0 saturated carbocycles. The Morgan fingerprint density at radius 2 is 1.55 bits per heavy atom. The van der Waals surface area contributed by atoms with Crippen molar-refractivity contribution < 1.29 is 19.1 Å². The number of hydrogen-bond donors (Lipinski definition) is 0. The summed E-state index contributed by atoms with van der Waals surface area (Å²) in [5.74, 6) is 1.85. The normalized spacial score (nSPS) is 16.3. The van der Waals surface area contributed by atoms with Gasteiger partial charge in [0.15, 0.2) is 17.3 Å². The number of Topliss-reactive ketones (excluding diaryl/α,β-unsaturated/α-hetero) is 1. The molecule has 0 bridgehead atoms. The summed E-state index contributed by atoms with van der Waals surface area (Å²) >= 11 is 0. The van der Waals surface area contributed by atoms with E-state index in [2.05, 4.69) is 18.7 Å². The van der Waals surface area contributed by atoms with Crippen LogP contribution in [0.1, 0.15) is 46.0 Å². The van der Waals surface area contributed by atoms with E-state index < -0.39 is 0 Å². The van der Waals surface area contributed by atoms with Gasteiger partial charge in [0.05, 0.1) is 6.54 Å². The van der Waals surface area contributed by atoms with Gasteiger partial charge < -0.3 is 14.4 Å². The lowest BCUT2D eigenvalue weighted by Gasteiger charge is -2.34. The van der Waals surface area contributed by atoms with Gasteiger partial charge in [-0.05, 0) is 29.7 Å². The monoisotopic (exact) mass is 394 g/mol. The molecule has 0 unspecified atom stereocenters. The van der Waals surface area contributed by atoms with Gasteiger partial charge in [-0.1, -0.05) is 38.1 Å². The van der Waals surface area contributed by atoms with Gasteiger partial charge in [-0.15, -0.1) is 0 Å². The van der Waals surface area contributed by atoms with Crippen molar-refractivity contribution in [3.05, 3.63) is 59.2 Å². The highest BCUT2D eigenvalue weighted by Crippen LogP contribution is 2.32. The first-order chi connectivity index (χ1) is 14.0. The number of rotatable bonds is 5. The number of hydrogen-bond acceptors (Lipinski definition) is 5. The van der Waals surface area contributed by atoms with E-state index in [0.29, 0.717) is 55.7 Å². The second kappa shape index (κ2) is 8.25. The molecule has 0 N–H and O–H groups in total. The molecule has 2 aromatic rings. The minimum absolute atomic E-state index is 0.0152. The Morgan fingerprint density at radius 3 is 2.24 bits per heavy atom. The highest BCUT2D eigenvalue weighted by atomic mass is 16.7. The number of ether oxygens (including phenoxy) is 2. The Morgan fingerprint density at radius 1 is 0.897 bits per heavy atom. The number of nitrogens with zero attached hydrogens (tertiary/aromatic N) is 2. The van der Waals surface area contributed by atoms with Gasteiger partial charge in [0, 0.05) is 37.3 Å². The molecule has 2 aromatic carbocycles. The van der Waals surface area contributed by atoms with Crippen molar-refractivity contribution in [2.24, 2.45) is 0 Å². The Hall–Kier alpha value is -2.86. The highest BCUT2D eigenvalue weighted by molar-refractivity contribution is 5.97. The minimum Gasteiger partial charge on any atom is -0.454 e. The predicted molar refractivity (Wildman–Crippen MR) is 110 cm³/mol. The Kier molecular flexibility index (Phi) is 5.53. The fourth-order valence-electron chi connectivity index (χ4n) is 3.67. The number of benzene rings is 2. The summed E-state index contributed by atoms with van der Waals surface area (Å²) in [6.07, 6.45) is 0. The fraction of sp³-hybridized carbons (Fsp3) is 0.391. The Bertz CT molecular complexity index is 900. The van der Waals surface area contributed by atoms with Gasteiger partial charge in [-0.2, -0.15) is 0 Å². The molecule has 2 heterocycles. The van der Waals surface area contributed by atoms with Crippen LogP contribution in [-0.2, 0) is 0 Å². The number of amides is 1. The zero-order valence-corrected chi connectivity index (χ0v) is 16.9. The van der Waals surface area contributed by atoms with Crippen LogP contribution in [0.5, 0.6) is 11.5 Å². The van der Waals surface area contributed by atoms with Crippen LogP contribution in [0.15, 0.2) is 42.5 Å². The molecule has 0 aromatic heterocycles. The fourth-order valence-corrected chi connectivity index (χ4v) is 3.67. The molecule has 1 amide bonds. The first kappa shape index (κ1) is 19.5. The summed E-state index contributed by atoms with van der Waals surface area (Å²) in [4.78, 5) is 29.3. The lowest BCUT2D eigenvalue weighted by atomic mass is 10.0. The molecule has 4 rings (SSSR count). The molecule has 29 heavy (non-hydrogen) atoms. The zero-order chi connectivity index (χ0) is 20.4. The topological polar surface area (TPSA) is 59.1 Å². The van der Waals surface area contributed by atoms with E-state index in [9.17, 15) is 9.59 Å². The summed E-state index contributed by atoms with van der Waals surface area (Å²) in [5.41, 5.74) is 2.58. The van der Waals surface area contributed by atoms with Crippen molar-refractivity contribution in [2.75, 3.05) is 39.5 Å². The third-order valence-corrected chi connectivity index (χ3v) is 5.55. The van der Waals surface area contributed by atoms with Gasteiger partial charge in [-0.3, -0.25) is 14.5 Å². The van der Waals surface area contributed by atoms with Crippen LogP contribution in [0.3, 0.4) is 0 Å². The molecular weight excluding hydrogens is 368 g/mol. The van der Waals surface area contributed by atoms with Crippen LogP contribution < -0.4 is 9.47 Å². The van der Waals surface area contributed by atoms with Crippen molar-refractivity contribution >= 4 is 11.7 Å². The number of piperazine rings is 1. The van der Waals surface area contributed by atoms with Crippen LogP contribution in [0, 0.1) is 0 Å². The average molecular weight is 394 g/mol. The minimum atomic E-state index is -0.0152. The van der Waals surface area contributed by atoms with Crippen LogP contribution >= 0.6 is 0 Å². The number of fused-ring (bicyclic) bond motifs is 1. The van der Waals surface area contributed by atoms with Crippen LogP contribution in [0.2, 0.25) is 0 Å². The molecule has 2 aliphatic heterocycles. The molecule has 0 spiro atoms. The number of ketones is 1. The van der Waals surface area contributed by atoms with E-state index in [1.807, 2.05) is 29.2 Å². The molecule has 6 nitrogen and oxygen atoms in total. The SMILES string of the molecule is CC(C)c1ccc(C(=O)CN2CCN(C(=O)c3ccc4c(c3)OCO4)CC2)cc1. The Balaban J connectivity index is 1.31. The maximum absolute atomic E-state index is 12.8. The quantitative estimate of drug-likeness (QED) is 0.729. The molecule has 1 fully saturated rings. The van der Waals surface area contributed by atoms with E-state index >= 15 is 0 Å². The zero-order valence-electron chi connectivity index (χ0n) is 16.9.